The summed E-state index contributed by atoms with van der Waals surface area (Å²) in [5, 5.41) is 7.90. The third-order valence-corrected chi connectivity index (χ3v) is 4.27. The number of carbonyl (C=O) groups excluding carboxylic acids is 2. The van der Waals surface area contributed by atoms with E-state index in [4.69, 9.17) is 5.73 Å². The van der Waals surface area contributed by atoms with Crippen molar-refractivity contribution in [3.63, 3.8) is 0 Å². The number of benzene rings is 3. The molecule has 3 aromatic carbocycles. The fourth-order valence-electron chi connectivity index (χ4n) is 2.87. The van der Waals surface area contributed by atoms with Crippen LogP contribution in [0.2, 0.25) is 0 Å². The normalized spacial score (nSPS) is 10.5. The van der Waals surface area contributed by atoms with Crippen molar-refractivity contribution in [1.29, 1.82) is 0 Å². The van der Waals surface area contributed by atoms with Gasteiger partial charge in [0.05, 0.1) is 6.54 Å². The van der Waals surface area contributed by atoms with Gasteiger partial charge in [-0.3, -0.25) is 9.59 Å². The minimum Gasteiger partial charge on any atom is -0.348 e. The number of rotatable bonds is 5. The first-order valence-corrected chi connectivity index (χ1v) is 8.44. The number of hydrogen-bond donors (Lipinski definition) is 3. The highest BCUT2D eigenvalue weighted by Crippen LogP contribution is 2.19. The van der Waals surface area contributed by atoms with E-state index in [0.29, 0.717) is 17.8 Å². The lowest BCUT2D eigenvalue weighted by atomic mass is 10.0. The number of anilines is 1. The molecule has 0 heterocycles. The molecule has 0 aromatic heterocycles. The van der Waals surface area contributed by atoms with Crippen molar-refractivity contribution in [3.8, 4) is 0 Å². The summed E-state index contributed by atoms with van der Waals surface area (Å²) in [7, 11) is 0. The van der Waals surface area contributed by atoms with Crippen LogP contribution in [0.15, 0.2) is 60.7 Å². The third kappa shape index (κ3) is 3.90. The number of amides is 2. The van der Waals surface area contributed by atoms with Crippen LogP contribution < -0.4 is 16.4 Å². The van der Waals surface area contributed by atoms with Crippen molar-refractivity contribution >= 4 is 28.3 Å². The van der Waals surface area contributed by atoms with Crippen LogP contribution >= 0.6 is 0 Å². The predicted molar refractivity (Wildman–Crippen MR) is 104 cm³/mol. The number of fused-ring (bicyclic) bond motifs is 1. The van der Waals surface area contributed by atoms with Gasteiger partial charge in [-0.25, -0.2) is 0 Å². The molecule has 5 nitrogen and oxygen atoms in total. The quantitative estimate of drug-likeness (QED) is 0.663. The summed E-state index contributed by atoms with van der Waals surface area (Å²) >= 11 is 0. The molecule has 3 rings (SSSR count). The molecule has 26 heavy (non-hydrogen) atoms. The minimum atomic E-state index is -0.295. The number of nitrogens with two attached hydrogens (primary N) is 1. The maximum absolute atomic E-state index is 12.6. The molecule has 0 saturated carbocycles. The van der Waals surface area contributed by atoms with E-state index in [0.717, 1.165) is 21.9 Å². The number of carbonyl (C=O) groups is 2. The van der Waals surface area contributed by atoms with E-state index in [1.807, 2.05) is 37.3 Å². The van der Waals surface area contributed by atoms with E-state index in [2.05, 4.69) is 22.8 Å². The molecule has 3 aromatic rings. The lowest BCUT2D eigenvalue weighted by Crippen LogP contribution is -2.25. The van der Waals surface area contributed by atoms with Crippen LogP contribution in [0.4, 0.5) is 5.69 Å². The molecule has 0 atom stereocenters. The summed E-state index contributed by atoms with van der Waals surface area (Å²) in [6, 6.07) is 19.3. The standard InChI is InChI=1S/C21H21N3O2/c1-14-9-10-17(24-20(25)12-22)11-19(14)21(26)23-13-16-7-4-6-15-5-2-3-8-18(15)16/h2-11H,12-13,22H2,1H3,(H,23,26)(H,24,25). The smallest absolute Gasteiger partial charge is 0.251 e. The summed E-state index contributed by atoms with van der Waals surface area (Å²) in [4.78, 5) is 24.1. The van der Waals surface area contributed by atoms with Crippen LogP contribution in [0.5, 0.6) is 0 Å². The van der Waals surface area contributed by atoms with Crippen LogP contribution in [0.1, 0.15) is 21.5 Å². The third-order valence-electron chi connectivity index (χ3n) is 4.27. The van der Waals surface area contributed by atoms with Crippen molar-refractivity contribution in [2.24, 2.45) is 5.73 Å². The number of nitrogens with one attached hydrogen (secondary N) is 2. The zero-order chi connectivity index (χ0) is 18.5. The largest absolute Gasteiger partial charge is 0.348 e. The fourth-order valence-corrected chi connectivity index (χ4v) is 2.87. The maximum atomic E-state index is 12.6. The Morgan fingerprint density at radius 2 is 1.77 bits per heavy atom. The van der Waals surface area contributed by atoms with E-state index >= 15 is 0 Å². The van der Waals surface area contributed by atoms with Crippen molar-refractivity contribution in [2.45, 2.75) is 13.5 Å². The lowest BCUT2D eigenvalue weighted by Gasteiger charge is -2.12. The zero-order valence-corrected chi connectivity index (χ0v) is 14.6. The van der Waals surface area contributed by atoms with Crippen molar-refractivity contribution in [1.82, 2.24) is 5.32 Å². The van der Waals surface area contributed by atoms with Crippen LogP contribution in [0, 0.1) is 6.92 Å². The minimum absolute atomic E-state index is 0.101. The van der Waals surface area contributed by atoms with Gasteiger partial charge in [0.15, 0.2) is 0 Å². The van der Waals surface area contributed by atoms with Gasteiger partial charge in [-0.1, -0.05) is 48.5 Å². The van der Waals surface area contributed by atoms with Gasteiger partial charge in [0, 0.05) is 17.8 Å². The summed E-state index contributed by atoms with van der Waals surface area (Å²) < 4.78 is 0. The second-order valence-corrected chi connectivity index (χ2v) is 6.10. The van der Waals surface area contributed by atoms with Gasteiger partial charge in [0.1, 0.15) is 0 Å². The Morgan fingerprint density at radius 3 is 2.58 bits per heavy atom. The zero-order valence-electron chi connectivity index (χ0n) is 14.6. The average molecular weight is 347 g/mol. The molecule has 0 unspecified atom stereocenters. The van der Waals surface area contributed by atoms with Gasteiger partial charge >= 0.3 is 0 Å². The molecule has 5 heteroatoms. The molecule has 2 amide bonds. The van der Waals surface area contributed by atoms with Gasteiger partial charge < -0.3 is 16.4 Å². The highest BCUT2D eigenvalue weighted by atomic mass is 16.2. The molecular formula is C21H21N3O2. The van der Waals surface area contributed by atoms with E-state index in [1.54, 1.807) is 18.2 Å². The lowest BCUT2D eigenvalue weighted by molar-refractivity contribution is -0.114. The first-order valence-electron chi connectivity index (χ1n) is 8.44. The molecule has 4 N–H and O–H groups in total. The SMILES string of the molecule is Cc1ccc(NC(=O)CN)cc1C(=O)NCc1cccc2ccccc12. The number of aryl methyl sites for hydroxylation is 1. The van der Waals surface area contributed by atoms with Gasteiger partial charge in [0.25, 0.3) is 5.91 Å². The van der Waals surface area contributed by atoms with Crippen molar-refractivity contribution in [2.75, 3.05) is 11.9 Å². The highest BCUT2D eigenvalue weighted by molar-refractivity contribution is 5.99. The Balaban J connectivity index is 1.77. The van der Waals surface area contributed by atoms with E-state index in [1.165, 1.54) is 0 Å². The van der Waals surface area contributed by atoms with E-state index in [9.17, 15) is 9.59 Å². The molecule has 0 saturated heterocycles. The van der Waals surface area contributed by atoms with Gasteiger partial charge in [-0.2, -0.15) is 0 Å². The monoisotopic (exact) mass is 347 g/mol. The first kappa shape index (κ1) is 17.6. The summed E-state index contributed by atoms with van der Waals surface area (Å²) in [5.74, 6) is -0.477. The van der Waals surface area contributed by atoms with Crippen LogP contribution in [-0.4, -0.2) is 18.4 Å². The molecule has 0 aliphatic rings. The molecular weight excluding hydrogens is 326 g/mol. The Bertz CT molecular complexity index is 961. The molecule has 0 bridgehead atoms. The van der Waals surface area contributed by atoms with Crippen LogP contribution in [0.3, 0.4) is 0 Å². The summed E-state index contributed by atoms with van der Waals surface area (Å²) in [6.07, 6.45) is 0. The molecule has 0 aliphatic heterocycles. The summed E-state index contributed by atoms with van der Waals surface area (Å²) in [6.45, 7) is 2.19. The average Bonchev–Trinajstić information content (AvgIpc) is 2.67. The molecule has 0 aliphatic carbocycles. The van der Waals surface area contributed by atoms with E-state index < -0.39 is 0 Å². The second-order valence-electron chi connectivity index (χ2n) is 6.10. The van der Waals surface area contributed by atoms with Gasteiger partial charge in [0.2, 0.25) is 5.91 Å². The Hall–Kier alpha value is -3.18. The number of hydrogen-bond acceptors (Lipinski definition) is 3. The molecule has 0 spiro atoms. The highest BCUT2D eigenvalue weighted by Gasteiger charge is 2.11. The van der Waals surface area contributed by atoms with E-state index in [-0.39, 0.29) is 18.4 Å². The molecule has 0 radical (unpaired) electrons. The Labute approximate surface area is 152 Å². The van der Waals surface area contributed by atoms with Crippen molar-refractivity contribution < 1.29 is 9.59 Å². The maximum Gasteiger partial charge on any atom is 0.251 e. The predicted octanol–water partition coefficient (Wildman–Crippen LogP) is 2.98. The molecule has 0 fully saturated rings. The van der Waals surface area contributed by atoms with Gasteiger partial charge in [-0.15, -0.1) is 0 Å². The van der Waals surface area contributed by atoms with Crippen molar-refractivity contribution in [3.05, 3.63) is 77.4 Å². The topological polar surface area (TPSA) is 84.2 Å². The second kappa shape index (κ2) is 7.80. The van der Waals surface area contributed by atoms with Crippen LogP contribution in [-0.2, 0) is 11.3 Å². The fraction of sp³-hybridized carbons (Fsp3) is 0.143. The summed E-state index contributed by atoms with van der Waals surface area (Å²) in [5.41, 5.74) is 8.29. The van der Waals surface area contributed by atoms with Crippen LogP contribution in [0.25, 0.3) is 10.8 Å². The Kier molecular flexibility index (Phi) is 5.29. The molecule has 132 valence electrons. The van der Waals surface area contributed by atoms with Gasteiger partial charge in [-0.05, 0) is 41.0 Å². The first-order chi connectivity index (χ1) is 12.6. The Morgan fingerprint density at radius 1 is 1.00 bits per heavy atom.